The second-order valence-corrected chi connectivity index (χ2v) is 5.10. The van der Waals surface area contributed by atoms with Crippen molar-refractivity contribution in [3.63, 3.8) is 0 Å². The van der Waals surface area contributed by atoms with Gasteiger partial charge in [0, 0.05) is 0 Å². The van der Waals surface area contributed by atoms with Gasteiger partial charge in [0.1, 0.15) is 0 Å². The highest BCUT2D eigenvalue weighted by Gasteiger charge is 2.18. The summed E-state index contributed by atoms with van der Waals surface area (Å²) in [6, 6.07) is 6.32. The van der Waals surface area contributed by atoms with E-state index >= 15 is 0 Å². The van der Waals surface area contributed by atoms with Crippen molar-refractivity contribution < 1.29 is 5.11 Å². The molecule has 2 atom stereocenters. The minimum Gasteiger partial charge on any atom is -0.388 e. The van der Waals surface area contributed by atoms with Gasteiger partial charge in [0.2, 0.25) is 0 Å². The summed E-state index contributed by atoms with van der Waals surface area (Å²) in [6.07, 6.45) is 4.29. The van der Waals surface area contributed by atoms with Crippen molar-refractivity contribution in [2.75, 3.05) is 0 Å². The van der Waals surface area contributed by atoms with Gasteiger partial charge in [-0.1, -0.05) is 51.3 Å². The second kappa shape index (κ2) is 6.80. The van der Waals surface area contributed by atoms with Crippen LogP contribution in [-0.2, 0) is 0 Å². The molecule has 0 saturated carbocycles. The van der Waals surface area contributed by atoms with Crippen LogP contribution in [0.25, 0.3) is 0 Å². The third kappa shape index (κ3) is 3.85. The standard InChI is InChI=1S/C16H26O/c1-5-7-8-14(6-2)16(17)15-10-9-12(3)13(4)11-15/h9-11,14,16-17H,5-8H2,1-4H3. The van der Waals surface area contributed by atoms with E-state index in [4.69, 9.17) is 0 Å². The van der Waals surface area contributed by atoms with Crippen molar-refractivity contribution in [3.05, 3.63) is 34.9 Å². The Bertz CT molecular complexity index is 343. The predicted octanol–water partition coefficient (Wildman–Crippen LogP) is 4.55. The average molecular weight is 234 g/mol. The highest BCUT2D eigenvalue weighted by molar-refractivity contribution is 5.31. The van der Waals surface area contributed by atoms with Crippen molar-refractivity contribution in [1.82, 2.24) is 0 Å². The first kappa shape index (κ1) is 14.2. The third-order valence-electron chi connectivity index (χ3n) is 3.77. The van der Waals surface area contributed by atoms with E-state index in [9.17, 15) is 5.11 Å². The summed E-state index contributed by atoms with van der Waals surface area (Å²) in [5.74, 6) is 0.400. The largest absolute Gasteiger partial charge is 0.388 e. The summed E-state index contributed by atoms with van der Waals surface area (Å²) < 4.78 is 0. The molecule has 1 aromatic carbocycles. The van der Waals surface area contributed by atoms with Gasteiger partial charge in [0.15, 0.2) is 0 Å². The fourth-order valence-electron chi connectivity index (χ4n) is 2.27. The molecule has 0 aliphatic rings. The number of aliphatic hydroxyl groups is 1. The maximum absolute atomic E-state index is 10.4. The highest BCUT2D eigenvalue weighted by atomic mass is 16.3. The van der Waals surface area contributed by atoms with Crippen molar-refractivity contribution in [1.29, 1.82) is 0 Å². The van der Waals surface area contributed by atoms with Crippen molar-refractivity contribution in [2.45, 2.75) is 59.5 Å². The fraction of sp³-hybridized carbons (Fsp3) is 0.625. The Hall–Kier alpha value is -0.820. The Morgan fingerprint density at radius 1 is 1.12 bits per heavy atom. The van der Waals surface area contributed by atoms with Crippen LogP contribution in [0.3, 0.4) is 0 Å². The third-order valence-corrected chi connectivity index (χ3v) is 3.77. The Kier molecular flexibility index (Phi) is 5.70. The Labute approximate surface area is 106 Å². The monoisotopic (exact) mass is 234 g/mol. The Balaban J connectivity index is 2.78. The van der Waals surface area contributed by atoms with Crippen LogP contribution < -0.4 is 0 Å². The minimum absolute atomic E-state index is 0.300. The predicted molar refractivity (Wildman–Crippen MR) is 74.2 cm³/mol. The lowest BCUT2D eigenvalue weighted by Gasteiger charge is -2.22. The number of benzene rings is 1. The number of aliphatic hydroxyl groups excluding tert-OH is 1. The number of unbranched alkanes of at least 4 members (excludes halogenated alkanes) is 1. The first-order chi connectivity index (χ1) is 8.10. The van der Waals surface area contributed by atoms with E-state index in [2.05, 4.69) is 45.9 Å². The SMILES string of the molecule is CCCCC(CC)C(O)c1ccc(C)c(C)c1. The zero-order valence-corrected chi connectivity index (χ0v) is 11.7. The van der Waals surface area contributed by atoms with Gasteiger partial charge in [0.05, 0.1) is 6.10 Å². The molecular formula is C16H26O. The Morgan fingerprint density at radius 2 is 1.82 bits per heavy atom. The minimum atomic E-state index is -0.300. The van der Waals surface area contributed by atoms with E-state index < -0.39 is 0 Å². The summed E-state index contributed by atoms with van der Waals surface area (Å²) in [6.45, 7) is 8.60. The number of hydrogen-bond acceptors (Lipinski definition) is 1. The van der Waals surface area contributed by atoms with Crippen LogP contribution in [-0.4, -0.2) is 5.11 Å². The molecule has 1 N–H and O–H groups in total. The smallest absolute Gasteiger partial charge is 0.0818 e. The van der Waals surface area contributed by atoms with Crippen LogP contribution in [0.1, 0.15) is 62.3 Å². The quantitative estimate of drug-likeness (QED) is 0.765. The molecule has 0 aromatic heterocycles. The van der Waals surface area contributed by atoms with Crippen LogP contribution >= 0.6 is 0 Å². The maximum Gasteiger partial charge on any atom is 0.0818 e. The average Bonchev–Trinajstić information content (AvgIpc) is 2.33. The molecule has 0 heterocycles. The van der Waals surface area contributed by atoms with Crippen LogP contribution in [0.4, 0.5) is 0 Å². The van der Waals surface area contributed by atoms with E-state index in [0.717, 1.165) is 18.4 Å². The van der Waals surface area contributed by atoms with Crippen LogP contribution in [0.15, 0.2) is 18.2 Å². The van der Waals surface area contributed by atoms with Gasteiger partial charge in [-0.2, -0.15) is 0 Å². The normalized spacial score (nSPS) is 14.6. The lowest BCUT2D eigenvalue weighted by molar-refractivity contribution is 0.0988. The molecule has 0 bridgehead atoms. The van der Waals surface area contributed by atoms with Crippen molar-refractivity contribution in [2.24, 2.45) is 5.92 Å². The first-order valence-corrected chi connectivity index (χ1v) is 6.85. The molecule has 0 fully saturated rings. The lowest BCUT2D eigenvalue weighted by Crippen LogP contribution is -2.12. The molecule has 1 heteroatoms. The van der Waals surface area contributed by atoms with Gasteiger partial charge in [-0.05, 0) is 42.9 Å². The van der Waals surface area contributed by atoms with Gasteiger partial charge in [-0.15, -0.1) is 0 Å². The van der Waals surface area contributed by atoms with Gasteiger partial charge < -0.3 is 5.11 Å². The molecule has 0 aliphatic carbocycles. The van der Waals surface area contributed by atoms with E-state index in [1.54, 1.807) is 0 Å². The molecule has 0 amide bonds. The van der Waals surface area contributed by atoms with Gasteiger partial charge >= 0.3 is 0 Å². The summed E-state index contributed by atoms with van der Waals surface area (Å²) in [5.41, 5.74) is 3.64. The zero-order valence-electron chi connectivity index (χ0n) is 11.7. The highest BCUT2D eigenvalue weighted by Crippen LogP contribution is 2.29. The molecule has 1 nitrogen and oxygen atoms in total. The number of aryl methyl sites for hydroxylation is 2. The molecule has 1 rings (SSSR count). The van der Waals surface area contributed by atoms with Crippen molar-refractivity contribution in [3.8, 4) is 0 Å². The molecule has 2 unspecified atom stereocenters. The van der Waals surface area contributed by atoms with E-state index in [1.807, 2.05) is 0 Å². The number of rotatable bonds is 6. The van der Waals surface area contributed by atoms with Gasteiger partial charge in [0.25, 0.3) is 0 Å². The second-order valence-electron chi connectivity index (χ2n) is 5.10. The van der Waals surface area contributed by atoms with E-state index in [0.29, 0.717) is 5.92 Å². The topological polar surface area (TPSA) is 20.2 Å². The maximum atomic E-state index is 10.4. The molecule has 0 spiro atoms. The van der Waals surface area contributed by atoms with Gasteiger partial charge in [-0.3, -0.25) is 0 Å². The summed E-state index contributed by atoms with van der Waals surface area (Å²) in [5, 5.41) is 10.4. The lowest BCUT2D eigenvalue weighted by atomic mass is 9.88. The molecule has 17 heavy (non-hydrogen) atoms. The van der Waals surface area contributed by atoms with Crippen molar-refractivity contribution >= 4 is 0 Å². The van der Waals surface area contributed by atoms with Crippen LogP contribution in [0.5, 0.6) is 0 Å². The summed E-state index contributed by atoms with van der Waals surface area (Å²) in [7, 11) is 0. The zero-order chi connectivity index (χ0) is 12.8. The molecular weight excluding hydrogens is 208 g/mol. The Morgan fingerprint density at radius 3 is 2.35 bits per heavy atom. The fourth-order valence-corrected chi connectivity index (χ4v) is 2.27. The molecule has 1 aromatic rings. The first-order valence-electron chi connectivity index (χ1n) is 6.85. The van der Waals surface area contributed by atoms with E-state index in [1.165, 1.54) is 24.0 Å². The van der Waals surface area contributed by atoms with Crippen LogP contribution in [0.2, 0.25) is 0 Å². The summed E-state index contributed by atoms with van der Waals surface area (Å²) in [4.78, 5) is 0. The molecule has 0 saturated heterocycles. The summed E-state index contributed by atoms with van der Waals surface area (Å²) >= 11 is 0. The number of hydrogen-bond donors (Lipinski definition) is 1. The molecule has 96 valence electrons. The molecule has 0 aliphatic heterocycles. The van der Waals surface area contributed by atoms with Crippen LogP contribution in [0, 0.1) is 19.8 Å². The van der Waals surface area contributed by atoms with E-state index in [-0.39, 0.29) is 6.10 Å². The molecule has 0 radical (unpaired) electrons. The van der Waals surface area contributed by atoms with Gasteiger partial charge in [-0.25, -0.2) is 0 Å².